The summed E-state index contributed by atoms with van der Waals surface area (Å²) >= 11 is 0. The SMILES string of the molecule is CCCCCCCCCC[C@@H](OCc1ccccc1)[C@@H](C/C=C/CC(C)C)OS(=O)(=O)c1ccc(C)cc1. The van der Waals surface area contributed by atoms with Crippen LogP contribution in [0.2, 0.25) is 0 Å². The lowest BCUT2D eigenvalue weighted by atomic mass is 10.0. The highest BCUT2D eigenvalue weighted by molar-refractivity contribution is 7.86. The largest absolute Gasteiger partial charge is 0.371 e. The second kappa shape index (κ2) is 18.4. The molecule has 0 aromatic heterocycles. The van der Waals surface area contributed by atoms with E-state index >= 15 is 0 Å². The first kappa shape index (κ1) is 32.3. The molecule has 0 saturated carbocycles. The Balaban J connectivity index is 2.14. The highest BCUT2D eigenvalue weighted by atomic mass is 32.2. The van der Waals surface area contributed by atoms with E-state index in [-0.39, 0.29) is 11.0 Å². The quantitative estimate of drug-likeness (QED) is 0.0950. The van der Waals surface area contributed by atoms with E-state index in [1.54, 1.807) is 24.3 Å². The van der Waals surface area contributed by atoms with E-state index < -0.39 is 16.2 Å². The molecule has 38 heavy (non-hydrogen) atoms. The molecule has 2 aromatic carbocycles. The van der Waals surface area contributed by atoms with Gasteiger partial charge < -0.3 is 4.74 Å². The summed E-state index contributed by atoms with van der Waals surface area (Å²) < 4.78 is 38.9. The first-order chi connectivity index (χ1) is 18.3. The molecule has 0 spiro atoms. The number of hydrogen-bond donors (Lipinski definition) is 0. The van der Waals surface area contributed by atoms with Crippen LogP contribution in [0.1, 0.15) is 103 Å². The molecule has 0 amide bonds. The monoisotopic (exact) mass is 542 g/mol. The minimum Gasteiger partial charge on any atom is -0.371 e. The fourth-order valence-corrected chi connectivity index (χ4v) is 5.52. The molecule has 0 radical (unpaired) electrons. The Labute approximate surface area is 233 Å². The van der Waals surface area contributed by atoms with Gasteiger partial charge in [-0.3, -0.25) is 4.18 Å². The summed E-state index contributed by atoms with van der Waals surface area (Å²) in [6, 6.07) is 16.9. The van der Waals surface area contributed by atoms with E-state index in [9.17, 15) is 8.42 Å². The van der Waals surface area contributed by atoms with E-state index in [1.165, 1.54) is 38.5 Å². The topological polar surface area (TPSA) is 52.6 Å². The molecule has 4 nitrogen and oxygen atoms in total. The van der Waals surface area contributed by atoms with Crippen LogP contribution in [0, 0.1) is 12.8 Å². The van der Waals surface area contributed by atoms with Crippen LogP contribution >= 0.6 is 0 Å². The lowest BCUT2D eigenvalue weighted by Crippen LogP contribution is -2.33. The predicted molar refractivity (Wildman–Crippen MR) is 159 cm³/mol. The Morgan fingerprint density at radius 3 is 2.00 bits per heavy atom. The second-order valence-corrected chi connectivity index (χ2v) is 12.4. The van der Waals surface area contributed by atoms with Crippen molar-refractivity contribution in [2.75, 3.05) is 0 Å². The lowest BCUT2D eigenvalue weighted by Gasteiger charge is -2.27. The van der Waals surface area contributed by atoms with Crippen LogP contribution in [0.4, 0.5) is 0 Å². The number of allylic oxidation sites excluding steroid dienone is 1. The van der Waals surface area contributed by atoms with E-state index in [4.69, 9.17) is 8.92 Å². The highest BCUT2D eigenvalue weighted by Crippen LogP contribution is 2.24. The van der Waals surface area contributed by atoms with Gasteiger partial charge in [0.1, 0.15) is 6.10 Å². The molecule has 2 rings (SSSR count). The summed E-state index contributed by atoms with van der Waals surface area (Å²) in [7, 11) is -3.92. The fraction of sp³-hybridized carbons (Fsp3) is 0.576. The Kier molecular flexibility index (Phi) is 15.6. The van der Waals surface area contributed by atoms with Gasteiger partial charge in [-0.2, -0.15) is 8.42 Å². The number of rotatable bonds is 20. The summed E-state index contributed by atoms with van der Waals surface area (Å²) in [4.78, 5) is 0.188. The zero-order valence-corrected chi connectivity index (χ0v) is 24.9. The number of benzene rings is 2. The minimum absolute atomic E-state index is 0.188. The van der Waals surface area contributed by atoms with Crippen molar-refractivity contribution in [1.82, 2.24) is 0 Å². The van der Waals surface area contributed by atoms with Gasteiger partial charge in [0.15, 0.2) is 0 Å². The fourth-order valence-electron chi connectivity index (χ4n) is 4.41. The third kappa shape index (κ3) is 13.2. The van der Waals surface area contributed by atoms with Gasteiger partial charge in [-0.25, -0.2) is 0 Å². The third-order valence-electron chi connectivity index (χ3n) is 6.77. The van der Waals surface area contributed by atoms with Crippen molar-refractivity contribution >= 4 is 10.1 Å². The van der Waals surface area contributed by atoms with Crippen molar-refractivity contribution in [2.45, 2.75) is 122 Å². The van der Waals surface area contributed by atoms with E-state index in [2.05, 4.69) is 32.9 Å². The van der Waals surface area contributed by atoms with Crippen LogP contribution < -0.4 is 0 Å². The lowest BCUT2D eigenvalue weighted by molar-refractivity contribution is -0.0369. The summed E-state index contributed by atoms with van der Waals surface area (Å²) in [5, 5.41) is 0. The average molecular weight is 543 g/mol. The Bertz CT molecular complexity index is 997. The molecular formula is C33H50O4S. The maximum Gasteiger partial charge on any atom is 0.297 e. The molecule has 0 fully saturated rings. The van der Waals surface area contributed by atoms with Crippen molar-refractivity contribution in [3.63, 3.8) is 0 Å². The van der Waals surface area contributed by atoms with E-state index in [0.29, 0.717) is 18.9 Å². The normalized spacial score (nSPS) is 13.8. The van der Waals surface area contributed by atoms with Crippen LogP contribution in [0.3, 0.4) is 0 Å². The smallest absolute Gasteiger partial charge is 0.297 e. The van der Waals surface area contributed by atoms with Gasteiger partial charge >= 0.3 is 0 Å². The summed E-state index contributed by atoms with van der Waals surface area (Å²) in [6.45, 7) is 8.97. The van der Waals surface area contributed by atoms with Crippen LogP contribution in [0.25, 0.3) is 0 Å². The van der Waals surface area contributed by atoms with Crippen LogP contribution in [-0.4, -0.2) is 20.6 Å². The number of aryl methyl sites for hydroxylation is 1. The maximum absolute atomic E-state index is 13.3. The van der Waals surface area contributed by atoms with Crippen molar-refractivity contribution in [3.05, 3.63) is 77.9 Å². The molecule has 0 heterocycles. The molecule has 0 aliphatic carbocycles. The van der Waals surface area contributed by atoms with Gasteiger partial charge in [0, 0.05) is 0 Å². The molecule has 0 saturated heterocycles. The molecule has 5 heteroatoms. The van der Waals surface area contributed by atoms with Gasteiger partial charge in [-0.1, -0.05) is 132 Å². The molecule has 0 bridgehead atoms. The second-order valence-electron chi connectivity index (χ2n) is 10.8. The molecule has 0 aliphatic rings. The maximum atomic E-state index is 13.3. The van der Waals surface area contributed by atoms with Crippen LogP contribution in [0.5, 0.6) is 0 Å². The van der Waals surface area contributed by atoms with Gasteiger partial charge in [0.05, 0.1) is 17.6 Å². The van der Waals surface area contributed by atoms with Crippen LogP contribution in [0.15, 0.2) is 71.6 Å². The van der Waals surface area contributed by atoms with Gasteiger partial charge in [-0.15, -0.1) is 0 Å². The van der Waals surface area contributed by atoms with E-state index in [0.717, 1.165) is 36.8 Å². The van der Waals surface area contributed by atoms with Crippen molar-refractivity contribution < 1.29 is 17.3 Å². The standard InChI is InChI=1S/C33H50O4S/c1-5-6-7-8-9-10-11-15-21-32(36-27-30-19-13-12-14-20-30)33(22-17-16-18-28(2)3)37-38(34,35)31-25-23-29(4)24-26-31/h12-14,16-17,19-20,23-26,28,32-33H,5-11,15,18,21-22,27H2,1-4H3/b17-16+/t32-,33-/m1/s1. The Hall–Kier alpha value is -1.95. The summed E-state index contributed by atoms with van der Waals surface area (Å²) in [5.41, 5.74) is 2.08. The molecule has 212 valence electrons. The molecule has 0 unspecified atom stereocenters. The van der Waals surface area contributed by atoms with E-state index in [1.807, 2.05) is 37.3 Å². The molecule has 0 aliphatic heterocycles. The molecule has 2 aromatic rings. The molecule has 0 N–H and O–H groups in total. The first-order valence-corrected chi connectivity index (χ1v) is 16.0. The van der Waals surface area contributed by atoms with Crippen molar-refractivity contribution in [1.29, 1.82) is 0 Å². The Morgan fingerprint density at radius 1 is 0.763 bits per heavy atom. The average Bonchev–Trinajstić information content (AvgIpc) is 2.90. The van der Waals surface area contributed by atoms with Gasteiger partial charge in [-0.05, 0) is 49.8 Å². The first-order valence-electron chi connectivity index (χ1n) is 14.6. The zero-order chi connectivity index (χ0) is 27.6. The third-order valence-corrected chi connectivity index (χ3v) is 8.12. The minimum atomic E-state index is -3.92. The summed E-state index contributed by atoms with van der Waals surface area (Å²) in [6.07, 6.45) is 15.3. The van der Waals surface area contributed by atoms with Gasteiger partial charge in [0.25, 0.3) is 10.1 Å². The zero-order valence-electron chi connectivity index (χ0n) is 24.1. The van der Waals surface area contributed by atoms with Crippen molar-refractivity contribution in [2.24, 2.45) is 5.92 Å². The van der Waals surface area contributed by atoms with Crippen molar-refractivity contribution in [3.8, 4) is 0 Å². The summed E-state index contributed by atoms with van der Waals surface area (Å²) in [5.74, 6) is 0.546. The predicted octanol–water partition coefficient (Wildman–Crippen LogP) is 9.18. The number of hydrogen-bond acceptors (Lipinski definition) is 4. The van der Waals surface area contributed by atoms with Gasteiger partial charge in [0.2, 0.25) is 0 Å². The number of unbranched alkanes of at least 4 members (excludes halogenated alkanes) is 7. The van der Waals surface area contributed by atoms with Crippen LogP contribution in [-0.2, 0) is 25.6 Å². The molecule has 2 atom stereocenters. The number of ether oxygens (including phenoxy) is 1. The Morgan fingerprint density at radius 2 is 1.37 bits per heavy atom. The highest BCUT2D eigenvalue weighted by Gasteiger charge is 2.29. The molecular weight excluding hydrogens is 492 g/mol.